The Hall–Kier alpha value is -1.32. The van der Waals surface area contributed by atoms with E-state index >= 15 is 0 Å². The Morgan fingerprint density at radius 1 is 1.30 bits per heavy atom. The van der Waals surface area contributed by atoms with Crippen LogP contribution in [0.1, 0.15) is 22.1 Å². The molecule has 0 unspecified atom stereocenters. The predicted molar refractivity (Wildman–Crippen MR) is 83.8 cm³/mol. The van der Waals surface area contributed by atoms with Gasteiger partial charge in [-0.1, -0.05) is 30.3 Å². The van der Waals surface area contributed by atoms with Crippen molar-refractivity contribution in [1.29, 1.82) is 5.26 Å². The number of nitrogens with two attached hydrogens (primary N) is 1. The molecule has 3 nitrogen and oxygen atoms in total. The molecule has 0 aliphatic rings. The van der Waals surface area contributed by atoms with Crippen LogP contribution < -0.4 is 5.73 Å². The lowest BCUT2D eigenvalue weighted by atomic mass is 10.1. The SMILES string of the molecule is N#Cc1sccc1S[C@H](C[C@H](N)CO)c1ccccc1. The second kappa shape index (κ2) is 7.46. The van der Waals surface area contributed by atoms with Crippen LogP contribution in [0, 0.1) is 11.3 Å². The number of nitrogens with zero attached hydrogens (tertiary/aromatic N) is 1. The molecule has 5 heteroatoms. The van der Waals surface area contributed by atoms with Crippen molar-refractivity contribution >= 4 is 23.1 Å². The largest absolute Gasteiger partial charge is 0.395 e. The van der Waals surface area contributed by atoms with Crippen LogP contribution in [0.5, 0.6) is 0 Å². The van der Waals surface area contributed by atoms with Gasteiger partial charge in [0.25, 0.3) is 0 Å². The maximum atomic E-state index is 9.17. The Kier molecular flexibility index (Phi) is 5.62. The van der Waals surface area contributed by atoms with Gasteiger partial charge in [-0.15, -0.1) is 23.1 Å². The van der Waals surface area contributed by atoms with Crippen molar-refractivity contribution in [2.45, 2.75) is 22.6 Å². The highest BCUT2D eigenvalue weighted by Crippen LogP contribution is 2.41. The summed E-state index contributed by atoms with van der Waals surface area (Å²) in [7, 11) is 0. The predicted octanol–water partition coefficient (Wildman–Crippen LogP) is 3.16. The number of aliphatic hydroxyl groups is 1. The highest BCUT2D eigenvalue weighted by Gasteiger charge is 2.18. The average Bonchev–Trinajstić information content (AvgIpc) is 2.94. The van der Waals surface area contributed by atoms with Gasteiger partial charge in [0.05, 0.1) is 6.61 Å². The topological polar surface area (TPSA) is 70.0 Å². The third-order valence-electron chi connectivity index (χ3n) is 2.92. The minimum atomic E-state index is -0.253. The lowest BCUT2D eigenvalue weighted by Crippen LogP contribution is -2.26. The summed E-state index contributed by atoms with van der Waals surface area (Å²) in [4.78, 5) is 1.71. The molecule has 1 heterocycles. The van der Waals surface area contributed by atoms with Crippen LogP contribution in [0.15, 0.2) is 46.7 Å². The zero-order valence-electron chi connectivity index (χ0n) is 10.9. The summed E-state index contributed by atoms with van der Waals surface area (Å²) in [6, 6.07) is 14.0. The van der Waals surface area contributed by atoms with Crippen LogP contribution in [0.25, 0.3) is 0 Å². The van der Waals surface area contributed by atoms with E-state index in [1.54, 1.807) is 11.8 Å². The Morgan fingerprint density at radius 2 is 2.05 bits per heavy atom. The molecule has 0 fully saturated rings. The number of nitriles is 1. The van der Waals surface area contributed by atoms with E-state index in [0.717, 1.165) is 15.3 Å². The standard InChI is InChI=1S/C15H16N2OS2/c16-9-15-13(6-7-19-15)20-14(8-12(17)10-18)11-4-2-1-3-5-11/h1-7,12,14,18H,8,10,17H2/t12-,14+/m0/s1. The second-order valence-electron chi connectivity index (χ2n) is 4.42. The number of thioether (sulfide) groups is 1. The first-order valence-electron chi connectivity index (χ1n) is 6.30. The van der Waals surface area contributed by atoms with Crippen LogP contribution in [-0.2, 0) is 0 Å². The molecular formula is C15H16N2OS2. The van der Waals surface area contributed by atoms with E-state index < -0.39 is 0 Å². The minimum absolute atomic E-state index is 0.0291. The number of hydrogen-bond donors (Lipinski definition) is 2. The van der Waals surface area contributed by atoms with E-state index in [2.05, 4.69) is 18.2 Å². The number of benzene rings is 1. The quantitative estimate of drug-likeness (QED) is 0.804. The second-order valence-corrected chi connectivity index (χ2v) is 6.58. The molecule has 0 bridgehead atoms. The van der Waals surface area contributed by atoms with E-state index in [4.69, 9.17) is 11.0 Å². The molecule has 0 radical (unpaired) electrons. The van der Waals surface area contributed by atoms with Crippen molar-refractivity contribution in [1.82, 2.24) is 0 Å². The summed E-state index contributed by atoms with van der Waals surface area (Å²) < 4.78 is 0. The molecule has 104 valence electrons. The molecule has 2 rings (SSSR count). The highest BCUT2D eigenvalue weighted by molar-refractivity contribution is 7.99. The maximum absolute atomic E-state index is 9.17. The summed E-state index contributed by atoms with van der Waals surface area (Å²) in [5, 5.41) is 20.3. The smallest absolute Gasteiger partial charge is 0.118 e. The van der Waals surface area contributed by atoms with E-state index in [-0.39, 0.29) is 17.9 Å². The summed E-state index contributed by atoms with van der Waals surface area (Å²) in [6.07, 6.45) is 0.673. The third kappa shape index (κ3) is 3.84. The number of rotatable bonds is 6. The molecule has 20 heavy (non-hydrogen) atoms. The van der Waals surface area contributed by atoms with Crippen molar-refractivity contribution in [2.75, 3.05) is 6.61 Å². The van der Waals surface area contributed by atoms with Crippen molar-refractivity contribution in [2.24, 2.45) is 5.73 Å². The maximum Gasteiger partial charge on any atom is 0.118 e. The van der Waals surface area contributed by atoms with Crippen LogP contribution in [0.4, 0.5) is 0 Å². The Balaban J connectivity index is 2.21. The monoisotopic (exact) mass is 304 g/mol. The summed E-state index contributed by atoms with van der Waals surface area (Å²) in [5.74, 6) is 0. The number of hydrogen-bond acceptors (Lipinski definition) is 5. The summed E-state index contributed by atoms with van der Waals surface area (Å²) in [6.45, 7) is -0.0291. The first-order valence-corrected chi connectivity index (χ1v) is 8.06. The van der Waals surface area contributed by atoms with Gasteiger partial charge in [0.1, 0.15) is 10.9 Å². The van der Waals surface area contributed by atoms with Gasteiger partial charge >= 0.3 is 0 Å². The first-order chi connectivity index (χ1) is 9.74. The van der Waals surface area contributed by atoms with Crippen molar-refractivity contribution < 1.29 is 5.11 Å². The van der Waals surface area contributed by atoms with Crippen molar-refractivity contribution in [3.63, 3.8) is 0 Å². The molecule has 0 amide bonds. The number of thiophene rings is 1. The molecule has 3 N–H and O–H groups in total. The van der Waals surface area contributed by atoms with E-state index in [1.165, 1.54) is 11.3 Å². The van der Waals surface area contributed by atoms with Crippen LogP contribution in [0.3, 0.4) is 0 Å². The van der Waals surface area contributed by atoms with E-state index in [1.807, 2.05) is 29.6 Å². The molecule has 0 aliphatic carbocycles. The lowest BCUT2D eigenvalue weighted by Gasteiger charge is -2.19. The van der Waals surface area contributed by atoms with Gasteiger partial charge in [-0.05, 0) is 23.4 Å². The van der Waals surface area contributed by atoms with Gasteiger partial charge in [-0.25, -0.2) is 0 Å². The van der Waals surface area contributed by atoms with Crippen LogP contribution in [0.2, 0.25) is 0 Å². The van der Waals surface area contributed by atoms with Crippen molar-refractivity contribution in [3.8, 4) is 6.07 Å². The minimum Gasteiger partial charge on any atom is -0.395 e. The molecule has 1 aromatic carbocycles. The van der Waals surface area contributed by atoms with Gasteiger partial charge in [0, 0.05) is 16.2 Å². The molecule has 0 saturated heterocycles. The van der Waals surface area contributed by atoms with Gasteiger partial charge in [0.15, 0.2) is 0 Å². The fourth-order valence-electron chi connectivity index (χ4n) is 1.89. The summed E-state index contributed by atoms with van der Waals surface area (Å²) >= 11 is 3.09. The van der Waals surface area contributed by atoms with E-state index in [0.29, 0.717) is 6.42 Å². The molecular weight excluding hydrogens is 288 g/mol. The Morgan fingerprint density at radius 3 is 2.70 bits per heavy atom. The van der Waals surface area contributed by atoms with Crippen molar-refractivity contribution in [3.05, 3.63) is 52.2 Å². The molecule has 0 aliphatic heterocycles. The molecule has 0 spiro atoms. The first kappa shape index (κ1) is 15.1. The normalized spacial score (nSPS) is 13.7. The lowest BCUT2D eigenvalue weighted by molar-refractivity contribution is 0.259. The van der Waals surface area contributed by atoms with Crippen LogP contribution >= 0.6 is 23.1 Å². The molecule has 0 saturated carbocycles. The Bertz CT molecular complexity index is 577. The molecule has 2 atom stereocenters. The van der Waals surface area contributed by atoms with E-state index in [9.17, 15) is 5.11 Å². The fourth-order valence-corrected chi connectivity index (χ4v) is 4.09. The van der Waals surface area contributed by atoms with Gasteiger partial charge in [0.2, 0.25) is 0 Å². The number of aliphatic hydroxyl groups excluding tert-OH is 1. The van der Waals surface area contributed by atoms with Crippen LogP contribution in [-0.4, -0.2) is 17.8 Å². The highest BCUT2D eigenvalue weighted by atomic mass is 32.2. The molecule has 1 aromatic heterocycles. The van der Waals surface area contributed by atoms with Gasteiger partial charge in [-0.3, -0.25) is 0 Å². The third-order valence-corrected chi connectivity index (χ3v) is 5.21. The van der Waals surface area contributed by atoms with Gasteiger partial charge in [-0.2, -0.15) is 5.26 Å². The summed E-state index contributed by atoms with van der Waals surface area (Å²) in [5.41, 5.74) is 7.05. The Labute approximate surface area is 127 Å². The average molecular weight is 304 g/mol. The zero-order chi connectivity index (χ0) is 14.4. The fraction of sp³-hybridized carbons (Fsp3) is 0.267. The molecule has 2 aromatic rings. The van der Waals surface area contributed by atoms with Gasteiger partial charge < -0.3 is 10.8 Å². The zero-order valence-corrected chi connectivity index (χ0v) is 12.5.